The van der Waals surface area contributed by atoms with E-state index in [1.165, 1.54) is 4.90 Å². The number of hydrogen-bond donors (Lipinski definition) is 1. The third-order valence-corrected chi connectivity index (χ3v) is 5.18. The van der Waals surface area contributed by atoms with Gasteiger partial charge in [-0.3, -0.25) is 19.5 Å². The molecule has 0 spiro atoms. The molecule has 0 radical (unpaired) electrons. The van der Waals surface area contributed by atoms with Crippen LogP contribution in [0.3, 0.4) is 0 Å². The molecule has 0 aromatic heterocycles. The van der Waals surface area contributed by atoms with E-state index in [2.05, 4.69) is 18.8 Å². The fourth-order valence-electron chi connectivity index (χ4n) is 3.36. The molecule has 152 valence electrons. The Morgan fingerprint density at radius 1 is 1.17 bits per heavy atom. The molecule has 0 saturated heterocycles. The Kier molecular flexibility index (Phi) is 5.33. The lowest BCUT2D eigenvalue weighted by atomic mass is 9.81. The van der Waals surface area contributed by atoms with E-state index >= 15 is 0 Å². The Hall–Kier alpha value is -2.62. The number of rotatable bonds is 1. The van der Waals surface area contributed by atoms with Crippen molar-refractivity contribution in [3.8, 4) is 0 Å². The molecule has 29 heavy (non-hydrogen) atoms. The van der Waals surface area contributed by atoms with E-state index in [-0.39, 0.29) is 17.2 Å². The van der Waals surface area contributed by atoms with Crippen LogP contribution in [0.2, 0.25) is 0 Å². The van der Waals surface area contributed by atoms with Gasteiger partial charge in [0, 0.05) is 22.3 Å². The van der Waals surface area contributed by atoms with E-state index < -0.39 is 10.2 Å². The van der Waals surface area contributed by atoms with E-state index in [0.29, 0.717) is 17.7 Å². The highest BCUT2D eigenvalue weighted by molar-refractivity contribution is 6.13. The van der Waals surface area contributed by atoms with Crippen LogP contribution in [-0.4, -0.2) is 27.1 Å². The van der Waals surface area contributed by atoms with Crippen molar-refractivity contribution in [2.45, 2.75) is 32.7 Å². The van der Waals surface area contributed by atoms with Gasteiger partial charge in [-0.1, -0.05) is 32.0 Å². The lowest BCUT2D eigenvalue weighted by molar-refractivity contribution is -1.92. The highest BCUT2D eigenvalue weighted by atomic mass is 35.7. The molecule has 2 aliphatic rings. The summed E-state index contributed by atoms with van der Waals surface area (Å²) in [6, 6.07) is 12.9. The van der Waals surface area contributed by atoms with Crippen LogP contribution in [0.25, 0.3) is 0 Å². The van der Waals surface area contributed by atoms with Crippen molar-refractivity contribution in [3.63, 3.8) is 0 Å². The number of aliphatic imine (C=N–C) groups is 1. The minimum absolute atomic E-state index is 0.191. The Bertz CT molecular complexity index is 1020. The zero-order valence-corrected chi connectivity index (χ0v) is 16.8. The van der Waals surface area contributed by atoms with Crippen LogP contribution in [-0.2, 0) is 12.0 Å². The highest BCUT2D eigenvalue weighted by Crippen LogP contribution is 2.40. The topological polar surface area (TPSA) is 139 Å². The van der Waals surface area contributed by atoms with Crippen molar-refractivity contribution in [1.29, 1.82) is 0 Å². The highest BCUT2D eigenvalue weighted by Gasteiger charge is 2.35. The molecule has 9 heteroatoms. The predicted molar refractivity (Wildman–Crippen MR) is 95.1 cm³/mol. The van der Waals surface area contributed by atoms with Gasteiger partial charge in [0.1, 0.15) is 0 Å². The van der Waals surface area contributed by atoms with Gasteiger partial charge in [-0.05, 0) is 42.3 Å². The number of carbonyl (C=O) groups excluding carboxylic acids is 2. The number of nitrogens with zero attached hydrogens (tertiary/aromatic N) is 2. The van der Waals surface area contributed by atoms with E-state index in [0.717, 1.165) is 22.5 Å². The van der Waals surface area contributed by atoms with Crippen LogP contribution in [0.15, 0.2) is 47.5 Å². The minimum atomic E-state index is -4.69. The number of imide groups is 1. The summed E-state index contributed by atoms with van der Waals surface area (Å²) in [7, 11) is -4.69. The summed E-state index contributed by atoms with van der Waals surface area (Å²) in [6.07, 6.45) is 0. The molecule has 2 heterocycles. The zero-order valence-electron chi connectivity index (χ0n) is 16.0. The van der Waals surface area contributed by atoms with E-state index in [9.17, 15) is 9.59 Å². The van der Waals surface area contributed by atoms with Crippen molar-refractivity contribution in [3.05, 3.63) is 64.7 Å². The van der Waals surface area contributed by atoms with Gasteiger partial charge in [0.25, 0.3) is 11.8 Å². The number of fused-ring (bicyclic) bond motifs is 2. The molecule has 2 aromatic rings. The van der Waals surface area contributed by atoms with Gasteiger partial charge in [-0.2, -0.15) is 14.0 Å². The van der Waals surface area contributed by atoms with Crippen molar-refractivity contribution in [2.75, 3.05) is 0 Å². The fourth-order valence-corrected chi connectivity index (χ4v) is 3.36. The largest absolute Gasteiger partial charge is 0.270 e. The minimum Gasteiger partial charge on any atom is -0.270 e. The molecule has 0 bridgehead atoms. The van der Waals surface area contributed by atoms with E-state index in [4.69, 9.17) is 18.6 Å². The molecule has 0 unspecified atom stereocenters. The van der Waals surface area contributed by atoms with Crippen LogP contribution in [0, 0.1) is 10.2 Å². The van der Waals surface area contributed by atoms with E-state index in [1.54, 1.807) is 12.1 Å². The third kappa shape index (κ3) is 4.21. The summed E-state index contributed by atoms with van der Waals surface area (Å²) >= 11 is 0. The van der Waals surface area contributed by atoms with Crippen molar-refractivity contribution >= 4 is 23.2 Å². The first-order valence-corrected chi connectivity index (χ1v) is 9.93. The smallest absolute Gasteiger partial charge is 0.261 e. The maximum absolute atomic E-state index is 12.9. The Morgan fingerprint density at radius 2 is 1.79 bits per heavy atom. The van der Waals surface area contributed by atoms with Crippen LogP contribution < -0.4 is 14.0 Å². The molecular weight excluding hydrogens is 400 g/mol. The zero-order chi connectivity index (χ0) is 21.6. The van der Waals surface area contributed by atoms with Crippen LogP contribution in [0.1, 0.15) is 52.6 Å². The molecule has 2 aromatic carbocycles. The van der Waals surface area contributed by atoms with Gasteiger partial charge in [0.2, 0.25) is 0 Å². The first kappa shape index (κ1) is 21.1. The first-order valence-electron chi connectivity index (χ1n) is 8.67. The summed E-state index contributed by atoms with van der Waals surface area (Å²) < 4.78 is 32.7. The molecular formula is C20H19ClN2O6. The van der Waals surface area contributed by atoms with Gasteiger partial charge in [-0.25, -0.2) is 0 Å². The van der Waals surface area contributed by atoms with Gasteiger partial charge in [-0.15, -0.1) is 0 Å². The van der Waals surface area contributed by atoms with Crippen molar-refractivity contribution < 1.29 is 38.5 Å². The lowest BCUT2D eigenvalue weighted by Gasteiger charge is -2.21. The maximum atomic E-state index is 12.9. The van der Waals surface area contributed by atoms with Crippen LogP contribution >= 0.6 is 0 Å². The van der Waals surface area contributed by atoms with Crippen LogP contribution in [0.5, 0.6) is 0 Å². The average Bonchev–Trinajstić information content (AvgIpc) is 3.07. The molecule has 0 fully saturated rings. The van der Waals surface area contributed by atoms with E-state index in [1.807, 2.05) is 37.3 Å². The average molecular weight is 419 g/mol. The fraction of sp³-hybridized carbons (Fsp3) is 0.250. The number of amides is 2. The Morgan fingerprint density at radius 3 is 2.41 bits per heavy atom. The molecule has 4 rings (SSSR count). The molecule has 2 aliphatic heterocycles. The standard InChI is InChI=1S/C20H18N2O2.ClHO4/c1-12-20(2,3)16-10-13(8-9-17(16)21-12)18(23)22-11-14-6-4-5-7-15(14)19(22)24;2-1(3,4)5/h4-10H,11H2,1-3H3;(H,2,3,4,5). The van der Waals surface area contributed by atoms with Crippen molar-refractivity contribution in [1.82, 2.24) is 4.90 Å². The summed E-state index contributed by atoms with van der Waals surface area (Å²) in [5.41, 5.74) is 4.84. The van der Waals surface area contributed by atoms with Crippen molar-refractivity contribution in [2.24, 2.45) is 4.99 Å². The number of carbonyl (C=O) groups is 2. The quantitative estimate of drug-likeness (QED) is 0.633. The normalized spacial score (nSPS) is 16.6. The van der Waals surface area contributed by atoms with Gasteiger partial charge >= 0.3 is 0 Å². The van der Waals surface area contributed by atoms with Gasteiger partial charge in [0.05, 0.1) is 27.1 Å². The molecule has 1 N–H and O–H groups in total. The number of hydrogen-bond acceptors (Lipinski definition) is 7. The molecule has 0 aliphatic carbocycles. The summed E-state index contributed by atoms with van der Waals surface area (Å²) in [4.78, 5) is 31.3. The summed E-state index contributed by atoms with van der Waals surface area (Å²) in [5, 5.41) is 0. The number of halogens is 1. The van der Waals surface area contributed by atoms with Crippen LogP contribution in [0.4, 0.5) is 5.69 Å². The second-order valence-corrected chi connectivity index (χ2v) is 8.10. The van der Waals surface area contributed by atoms with Gasteiger partial charge < -0.3 is 0 Å². The Balaban J connectivity index is 0.000000431. The molecule has 0 saturated carbocycles. The molecule has 0 atom stereocenters. The second-order valence-electron chi connectivity index (χ2n) is 7.30. The van der Waals surface area contributed by atoms with Gasteiger partial charge in [0.15, 0.2) is 0 Å². The molecule has 8 nitrogen and oxygen atoms in total. The second kappa shape index (κ2) is 7.33. The number of benzene rings is 2. The lowest BCUT2D eigenvalue weighted by Crippen LogP contribution is -2.58. The predicted octanol–water partition coefficient (Wildman–Crippen LogP) is -0.258. The Labute approximate surface area is 169 Å². The monoisotopic (exact) mass is 418 g/mol. The first-order chi connectivity index (χ1) is 13.4. The third-order valence-electron chi connectivity index (χ3n) is 5.18. The molecule has 2 amide bonds. The maximum Gasteiger partial charge on any atom is 0.261 e. The SMILES string of the molecule is CC1=Nc2ccc(C(=O)N3Cc4ccccc4C3=O)cc2C1(C)C.[O-][Cl+3]([O-])([O-])O. The summed E-state index contributed by atoms with van der Waals surface area (Å²) in [5.74, 6) is -0.470. The summed E-state index contributed by atoms with van der Waals surface area (Å²) in [6.45, 7) is 6.54.